The van der Waals surface area contributed by atoms with Crippen molar-refractivity contribution in [2.24, 2.45) is 5.73 Å². The van der Waals surface area contributed by atoms with Crippen LogP contribution in [0.4, 0.5) is 0 Å². The normalized spacial score (nSPS) is 18.9. The number of nitrogens with zero attached hydrogens (tertiary/aromatic N) is 1. The first-order valence-electron chi connectivity index (χ1n) is 7.27. The molecule has 0 saturated heterocycles. The van der Waals surface area contributed by atoms with Crippen molar-refractivity contribution in [1.29, 1.82) is 0 Å². The van der Waals surface area contributed by atoms with Crippen LogP contribution in [0.25, 0.3) is 0 Å². The summed E-state index contributed by atoms with van der Waals surface area (Å²) in [6.07, 6.45) is 7.98. The smallest absolute Gasteiger partial charge is 0.234 e. The molecule has 1 aliphatic rings. The molecule has 1 atom stereocenters. The largest absolute Gasteiger partial charge is 0.393 e. The monoisotopic (exact) mass is 285 g/mol. The topological polar surface area (TPSA) is 58.4 Å². The van der Waals surface area contributed by atoms with Gasteiger partial charge in [-0.2, -0.15) is 0 Å². The standard InChI is InChI=1S/C14H27N3OS/c1-11(9-13(15)19)17(2)10-14(18)16-12-7-5-3-4-6-8-12/h11-12H,3-10H2,1-2H3,(H2,15,19)(H,16,18). The van der Waals surface area contributed by atoms with Crippen LogP contribution in [0.15, 0.2) is 0 Å². The minimum atomic E-state index is 0.115. The molecule has 3 N–H and O–H groups in total. The lowest BCUT2D eigenvalue weighted by Crippen LogP contribution is -2.44. The second-order valence-corrected chi connectivity index (χ2v) is 6.21. The molecule has 5 heteroatoms. The molecule has 4 nitrogen and oxygen atoms in total. The van der Waals surface area contributed by atoms with E-state index < -0.39 is 0 Å². The first-order chi connectivity index (χ1) is 8.99. The summed E-state index contributed by atoms with van der Waals surface area (Å²) in [5.41, 5.74) is 5.53. The van der Waals surface area contributed by atoms with Crippen LogP contribution in [0, 0.1) is 0 Å². The van der Waals surface area contributed by atoms with Gasteiger partial charge in [0.1, 0.15) is 0 Å². The second-order valence-electron chi connectivity index (χ2n) is 5.69. The summed E-state index contributed by atoms with van der Waals surface area (Å²) in [7, 11) is 1.94. The van der Waals surface area contributed by atoms with Gasteiger partial charge in [0, 0.05) is 18.5 Å². The minimum Gasteiger partial charge on any atom is -0.393 e. The molecular formula is C14H27N3OS. The SMILES string of the molecule is CC(CC(N)=S)N(C)CC(=O)NC1CCCCCC1. The van der Waals surface area contributed by atoms with Crippen LogP contribution in [-0.2, 0) is 4.79 Å². The summed E-state index contributed by atoms with van der Waals surface area (Å²) in [6.45, 7) is 2.46. The molecule has 0 aromatic heterocycles. The number of nitrogens with two attached hydrogens (primary N) is 1. The van der Waals surface area contributed by atoms with Crippen molar-refractivity contribution in [2.75, 3.05) is 13.6 Å². The van der Waals surface area contributed by atoms with Gasteiger partial charge in [-0.3, -0.25) is 9.69 Å². The van der Waals surface area contributed by atoms with Crippen LogP contribution in [0.1, 0.15) is 51.9 Å². The second kappa shape index (κ2) is 8.48. The number of hydrogen-bond donors (Lipinski definition) is 2. The highest BCUT2D eigenvalue weighted by molar-refractivity contribution is 7.80. The first kappa shape index (κ1) is 16.4. The van der Waals surface area contributed by atoms with Gasteiger partial charge in [0.2, 0.25) is 5.91 Å². The molecule has 1 unspecified atom stereocenters. The van der Waals surface area contributed by atoms with Gasteiger partial charge in [-0.15, -0.1) is 0 Å². The summed E-state index contributed by atoms with van der Waals surface area (Å²) in [4.78, 5) is 14.5. The van der Waals surface area contributed by atoms with Crippen molar-refractivity contribution in [2.45, 2.75) is 64.0 Å². The molecule has 0 aromatic carbocycles. The third-order valence-electron chi connectivity index (χ3n) is 3.86. The number of nitrogens with one attached hydrogen (secondary N) is 1. The molecule has 1 aliphatic carbocycles. The van der Waals surface area contributed by atoms with Gasteiger partial charge in [-0.25, -0.2) is 0 Å². The number of carbonyl (C=O) groups is 1. The number of rotatable bonds is 6. The number of likely N-dealkylation sites (N-methyl/N-ethyl adjacent to an activating group) is 1. The number of thiocarbonyl (C=S) groups is 1. The van der Waals surface area contributed by atoms with Crippen LogP contribution in [-0.4, -0.2) is 41.5 Å². The number of hydrogen-bond acceptors (Lipinski definition) is 3. The minimum absolute atomic E-state index is 0.115. The van der Waals surface area contributed by atoms with Gasteiger partial charge in [-0.1, -0.05) is 37.9 Å². The maximum Gasteiger partial charge on any atom is 0.234 e. The van der Waals surface area contributed by atoms with E-state index in [2.05, 4.69) is 5.32 Å². The maximum absolute atomic E-state index is 12.0. The van der Waals surface area contributed by atoms with E-state index in [0.717, 1.165) is 12.8 Å². The molecule has 1 amide bonds. The highest BCUT2D eigenvalue weighted by Crippen LogP contribution is 2.17. The van der Waals surface area contributed by atoms with E-state index in [9.17, 15) is 4.79 Å². The average molecular weight is 285 g/mol. The van der Waals surface area contributed by atoms with Gasteiger partial charge < -0.3 is 11.1 Å². The van der Waals surface area contributed by atoms with Crippen molar-refractivity contribution in [1.82, 2.24) is 10.2 Å². The van der Waals surface area contributed by atoms with Gasteiger partial charge >= 0.3 is 0 Å². The molecule has 110 valence electrons. The molecule has 1 rings (SSSR count). The molecule has 0 radical (unpaired) electrons. The van der Waals surface area contributed by atoms with E-state index >= 15 is 0 Å². The Labute approximate surface area is 122 Å². The Morgan fingerprint density at radius 2 is 1.95 bits per heavy atom. The van der Waals surface area contributed by atoms with E-state index in [1.165, 1.54) is 25.7 Å². The Bertz CT molecular complexity index is 301. The van der Waals surface area contributed by atoms with E-state index in [1.54, 1.807) is 0 Å². The maximum atomic E-state index is 12.0. The number of carbonyl (C=O) groups excluding carboxylic acids is 1. The Morgan fingerprint density at radius 3 is 2.47 bits per heavy atom. The Balaban J connectivity index is 2.30. The fraction of sp³-hybridized carbons (Fsp3) is 0.857. The quantitative estimate of drug-likeness (QED) is 0.577. The van der Waals surface area contributed by atoms with Gasteiger partial charge in [0.05, 0.1) is 11.5 Å². The Hall–Kier alpha value is -0.680. The average Bonchev–Trinajstić information content (AvgIpc) is 2.56. The molecule has 0 spiro atoms. The summed E-state index contributed by atoms with van der Waals surface area (Å²) in [5.74, 6) is 0.115. The predicted octanol–water partition coefficient (Wildman–Crippen LogP) is 1.82. The summed E-state index contributed by atoms with van der Waals surface area (Å²) >= 11 is 4.90. The van der Waals surface area contributed by atoms with Crippen LogP contribution in [0.2, 0.25) is 0 Å². The van der Waals surface area contributed by atoms with Crippen molar-refractivity contribution < 1.29 is 4.79 Å². The molecule has 0 aromatic rings. The third kappa shape index (κ3) is 6.87. The molecule has 19 heavy (non-hydrogen) atoms. The molecule has 1 saturated carbocycles. The lowest BCUT2D eigenvalue weighted by atomic mass is 10.1. The predicted molar refractivity (Wildman–Crippen MR) is 83.1 cm³/mol. The van der Waals surface area contributed by atoms with Crippen LogP contribution >= 0.6 is 12.2 Å². The van der Waals surface area contributed by atoms with E-state index in [0.29, 0.717) is 24.0 Å². The Morgan fingerprint density at radius 1 is 1.37 bits per heavy atom. The highest BCUT2D eigenvalue weighted by Gasteiger charge is 2.17. The highest BCUT2D eigenvalue weighted by atomic mass is 32.1. The molecule has 0 heterocycles. The molecule has 0 bridgehead atoms. The van der Waals surface area contributed by atoms with Crippen molar-refractivity contribution in [3.8, 4) is 0 Å². The Kier molecular flexibility index (Phi) is 7.31. The molecule has 0 aliphatic heterocycles. The van der Waals surface area contributed by atoms with Crippen molar-refractivity contribution in [3.05, 3.63) is 0 Å². The van der Waals surface area contributed by atoms with Crippen LogP contribution in [0.3, 0.4) is 0 Å². The summed E-state index contributed by atoms with van der Waals surface area (Å²) < 4.78 is 0. The van der Waals surface area contributed by atoms with E-state index in [1.807, 2.05) is 18.9 Å². The zero-order valence-corrected chi connectivity index (χ0v) is 13.0. The molecular weight excluding hydrogens is 258 g/mol. The van der Waals surface area contributed by atoms with Crippen LogP contribution < -0.4 is 11.1 Å². The van der Waals surface area contributed by atoms with Gasteiger partial charge in [0.25, 0.3) is 0 Å². The first-order valence-corrected chi connectivity index (χ1v) is 7.67. The summed E-state index contributed by atoms with van der Waals surface area (Å²) in [6, 6.07) is 0.576. The third-order valence-corrected chi connectivity index (χ3v) is 4.03. The summed E-state index contributed by atoms with van der Waals surface area (Å²) in [5, 5.41) is 3.15. The van der Waals surface area contributed by atoms with Gasteiger partial charge in [-0.05, 0) is 26.8 Å². The lowest BCUT2D eigenvalue weighted by Gasteiger charge is -2.25. The van der Waals surface area contributed by atoms with Crippen molar-refractivity contribution >= 4 is 23.1 Å². The van der Waals surface area contributed by atoms with Gasteiger partial charge in [0.15, 0.2) is 0 Å². The van der Waals surface area contributed by atoms with E-state index in [4.69, 9.17) is 18.0 Å². The van der Waals surface area contributed by atoms with Crippen LogP contribution in [0.5, 0.6) is 0 Å². The zero-order chi connectivity index (χ0) is 14.3. The fourth-order valence-electron chi connectivity index (χ4n) is 2.53. The van der Waals surface area contributed by atoms with Crippen molar-refractivity contribution in [3.63, 3.8) is 0 Å². The zero-order valence-electron chi connectivity index (χ0n) is 12.2. The lowest BCUT2D eigenvalue weighted by molar-refractivity contribution is -0.123. The number of amides is 1. The fourth-order valence-corrected chi connectivity index (χ4v) is 2.77. The molecule has 1 fully saturated rings. The van der Waals surface area contributed by atoms with E-state index in [-0.39, 0.29) is 11.9 Å².